The van der Waals surface area contributed by atoms with Crippen molar-refractivity contribution in [1.29, 1.82) is 0 Å². The number of aromatic nitrogens is 3. The summed E-state index contributed by atoms with van der Waals surface area (Å²) in [5.74, 6) is -7.05. The maximum atomic E-state index is 13.5. The first-order valence-corrected chi connectivity index (χ1v) is 9.52. The number of aliphatic hydroxyl groups is 2. The predicted molar refractivity (Wildman–Crippen MR) is 101 cm³/mol. The van der Waals surface area contributed by atoms with Gasteiger partial charge in [-0.3, -0.25) is 9.55 Å². The first kappa shape index (κ1) is 20.4. The van der Waals surface area contributed by atoms with Crippen molar-refractivity contribution in [3.05, 3.63) is 35.5 Å². The molecule has 0 saturated heterocycles. The van der Waals surface area contributed by atoms with E-state index in [9.17, 15) is 28.9 Å². The van der Waals surface area contributed by atoms with Crippen molar-refractivity contribution in [3.63, 3.8) is 0 Å². The van der Waals surface area contributed by atoms with Crippen LogP contribution in [0.2, 0.25) is 0 Å². The van der Waals surface area contributed by atoms with Crippen molar-refractivity contribution in [3.8, 4) is 11.1 Å². The number of carboxylic acids is 1. The third-order valence-electron chi connectivity index (χ3n) is 5.81. The molecule has 1 aliphatic rings. The Bertz CT molecular complexity index is 1110. The van der Waals surface area contributed by atoms with Gasteiger partial charge in [-0.05, 0) is 32.8 Å². The van der Waals surface area contributed by atoms with Crippen LogP contribution in [0.3, 0.4) is 0 Å². The highest BCUT2D eigenvalue weighted by Crippen LogP contribution is 2.43. The molecular formula is C20H21F2N3O5. The molecule has 0 amide bonds. The molecule has 1 fully saturated rings. The van der Waals surface area contributed by atoms with Crippen LogP contribution in [-0.2, 0) is 5.91 Å². The summed E-state index contributed by atoms with van der Waals surface area (Å²) in [6.07, 6.45) is 1.40. The molecule has 0 aromatic carbocycles. The second-order valence-corrected chi connectivity index (χ2v) is 7.83. The maximum absolute atomic E-state index is 13.5. The second-order valence-electron chi connectivity index (χ2n) is 7.83. The van der Waals surface area contributed by atoms with Gasteiger partial charge in [-0.2, -0.15) is 0 Å². The molecule has 3 aromatic heterocycles. The lowest BCUT2D eigenvalue weighted by Gasteiger charge is -2.37. The van der Waals surface area contributed by atoms with Gasteiger partial charge in [0.05, 0.1) is 11.2 Å². The summed E-state index contributed by atoms with van der Waals surface area (Å²) in [4.78, 5) is 15.9. The van der Waals surface area contributed by atoms with Crippen LogP contribution in [-0.4, -0.2) is 41.9 Å². The van der Waals surface area contributed by atoms with E-state index in [-0.39, 0.29) is 29.4 Å². The van der Waals surface area contributed by atoms with Crippen LogP contribution >= 0.6 is 0 Å². The fourth-order valence-electron chi connectivity index (χ4n) is 4.19. The third-order valence-corrected chi connectivity index (χ3v) is 5.81. The highest BCUT2D eigenvalue weighted by Gasteiger charge is 2.45. The minimum Gasteiger partial charge on any atom is -0.478 e. The van der Waals surface area contributed by atoms with E-state index in [0.29, 0.717) is 22.6 Å². The Hall–Kier alpha value is -2.85. The fraction of sp³-hybridized carbons (Fsp3) is 0.450. The Morgan fingerprint density at radius 2 is 1.97 bits per heavy atom. The minimum atomic E-state index is -2.84. The zero-order chi connectivity index (χ0) is 21.8. The van der Waals surface area contributed by atoms with E-state index in [0.717, 1.165) is 10.8 Å². The van der Waals surface area contributed by atoms with Gasteiger partial charge in [-0.15, -0.1) is 0 Å². The quantitative estimate of drug-likeness (QED) is 0.552. The molecule has 0 atom stereocenters. The van der Waals surface area contributed by atoms with Crippen LogP contribution in [0.15, 0.2) is 23.0 Å². The minimum absolute atomic E-state index is 0.0617. The van der Waals surface area contributed by atoms with Gasteiger partial charge < -0.3 is 19.8 Å². The Kier molecular flexibility index (Phi) is 4.66. The number of hydrogen-bond acceptors (Lipinski definition) is 6. The number of hydrogen-bond donors (Lipinski definition) is 3. The van der Waals surface area contributed by atoms with Crippen LogP contribution in [0.1, 0.15) is 47.5 Å². The highest BCUT2D eigenvalue weighted by molar-refractivity contribution is 6.02. The highest BCUT2D eigenvalue weighted by atomic mass is 19.3. The summed E-state index contributed by atoms with van der Waals surface area (Å²) in [5, 5.41) is 35.3. The van der Waals surface area contributed by atoms with Crippen molar-refractivity contribution in [1.82, 2.24) is 14.7 Å². The number of aromatic carboxylic acids is 1. The van der Waals surface area contributed by atoms with Crippen LogP contribution in [0.25, 0.3) is 22.2 Å². The van der Waals surface area contributed by atoms with E-state index < -0.39 is 36.6 Å². The number of pyridine rings is 1. The molecule has 1 saturated carbocycles. The Labute approximate surface area is 169 Å². The Morgan fingerprint density at radius 3 is 2.53 bits per heavy atom. The summed E-state index contributed by atoms with van der Waals surface area (Å²) in [7, 11) is 0. The van der Waals surface area contributed by atoms with Gasteiger partial charge in [0.1, 0.15) is 16.8 Å². The Morgan fingerprint density at radius 1 is 1.30 bits per heavy atom. The normalized spacial score (nSPS) is 17.5. The van der Waals surface area contributed by atoms with Gasteiger partial charge >= 0.3 is 5.97 Å². The van der Waals surface area contributed by atoms with E-state index >= 15 is 0 Å². The first-order chi connectivity index (χ1) is 14.0. The van der Waals surface area contributed by atoms with Crippen LogP contribution < -0.4 is 0 Å². The van der Waals surface area contributed by atoms with Gasteiger partial charge in [0.2, 0.25) is 5.92 Å². The monoisotopic (exact) mass is 421 g/mol. The summed E-state index contributed by atoms with van der Waals surface area (Å²) < 4.78 is 33.3. The molecule has 8 nitrogen and oxygen atoms in total. The third kappa shape index (κ3) is 3.25. The van der Waals surface area contributed by atoms with Crippen LogP contribution in [0.4, 0.5) is 8.78 Å². The van der Waals surface area contributed by atoms with Crippen LogP contribution in [0.5, 0.6) is 0 Å². The SMILES string of the molecule is Cc1noc(C)c1-c1cnc2c(C(=O)O)cn(C(O)(O)C3CCC(F)(F)CC3)c2c1. The summed E-state index contributed by atoms with van der Waals surface area (Å²) in [6, 6.07) is 1.57. The van der Waals surface area contributed by atoms with Gasteiger partial charge in [0, 0.05) is 42.3 Å². The molecular weight excluding hydrogens is 400 g/mol. The predicted octanol–water partition coefficient (Wildman–Crippen LogP) is 3.43. The van der Waals surface area contributed by atoms with E-state index in [1.807, 2.05) is 0 Å². The van der Waals surface area contributed by atoms with Crippen molar-refractivity contribution in [2.75, 3.05) is 0 Å². The molecule has 30 heavy (non-hydrogen) atoms. The maximum Gasteiger partial charge on any atom is 0.339 e. The van der Waals surface area contributed by atoms with Crippen molar-refractivity contribution >= 4 is 17.0 Å². The lowest BCUT2D eigenvalue weighted by atomic mass is 9.84. The van der Waals surface area contributed by atoms with E-state index in [1.165, 1.54) is 6.20 Å². The van der Waals surface area contributed by atoms with Gasteiger partial charge in [0.25, 0.3) is 5.91 Å². The molecule has 0 unspecified atom stereocenters. The Balaban J connectivity index is 1.86. The number of halogens is 2. The smallest absolute Gasteiger partial charge is 0.339 e. The number of fused-ring (bicyclic) bond motifs is 1. The van der Waals surface area contributed by atoms with E-state index in [2.05, 4.69) is 10.1 Å². The van der Waals surface area contributed by atoms with Crippen molar-refractivity contribution < 1.29 is 33.4 Å². The average molecular weight is 421 g/mol. The van der Waals surface area contributed by atoms with Crippen molar-refractivity contribution in [2.24, 2.45) is 5.92 Å². The molecule has 0 radical (unpaired) electrons. The number of carbonyl (C=O) groups is 1. The number of aryl methyl sites for hydroxylation is 2. The van der Waals surface area contributed by atoms with Gasteiger partial charge in [-0.25, -0.2) is 13.6 Å². The van der Waals surface area contributed by atoms with E-state index in [1.54, 1.807) is 19.9 Å². The standard InChI is InChI=1S/C20H21F2N3O5/c1-10-16(11(2)30-24-10)12-7-15-17(23-8-12)14(18(26)27)9-25(15)20(28,29)13-3-5-19(21,22)6-4-13/h7-9,13,28-29H,3-6H2,1-2H3,(H,26,27). The topological polar surface area (TPSA) is 122 Å². The fourth-order valence-corrected chi connectivity index (χ4v) is 4.19. The van der Waals surface area contributed by atoms with Crippen LogP contribution in [0, 0.1) is 19.8 Å². The summed E-state index contributed by atoms with van der Waals surface area (Å²) in [6.45, 7) is 3.45. The zero-order valence-corrected chi connectivity index (χ0v) is 16.4. The second kappa shape index (κ2) is 6.85. The van der Waals surface area contributed by atoms with Crippen molar-refractivity contribution in [2.45, 2.75) is 51.4 Å². The largest absolute Gasteiger partial charge is 0.478 e. The van der Waals surface area contributed by atoms with Gasteiger partial charge in [-0.1, -0.05) is 5.16 Å². The molecule has 3 aromatic rings. The summed E-state index contributed by atoms with van der Waals surface area (Å²) in [5.41, 5.74) is 1.82. The number of carboxylic acid groups (broad SMARTS) is 1. The number of nitrogens with zero attached hydrogens (tertiary/aromatic N) is 3. The van der Waals surface area contributed by atoms with Gasteiger partial charge in [0.15, 0.2) is 0 Å². The average Bonchev–Trinajstić information content (AvgIpc) is 3.21. The summed E-state index contributed by atoms with van der Waals surface area (Å²) >= 11 is 0. The molecule has 160 valence electrons. The molecule has 0 bridgehead atoms. The molecule has 1 aliphatic carbocycles. The number of rotatable bonds is 4. The first-order valence-electron chi connectivity index (χ1n) is 9.52. The zero-order valence-electron chi connectivity index (χ0n) is 16.4. The molecule has 0 spiro atoms. The van der Waals surface area contributed by atoms with E-state index in [4.69, 9.17) is 4.52 Å². The molecule has 10 heteroatoms. The number of alkyl halides is 2. The lowest BCUT2D eigenvalue weighted by Crippen LogP contribution is -2.44. The molecule has 4 rings (SSSR count). The lowest BCUT2D eigenvalue weighted by molar-refractivity contribution is -0.275. The molecule has 3 N–H and O–H groups in total. The molecule has 0 aliphatic heterocycles. The molecule has 3 heterocycles.